The Hall–Kier alpha value is -2.58. The molecule has 0 saturated carbocycles. The first-order valence-corrected chi connectivity index (χ1v) is 14.4. The molecule has 0 bridgehead atoms. The average molecular weight is 536 g/mol. The molecule has 2 aromatic rings. The second-order valence-electron chi connectivity index (χ2n) is 9.37. The van der Waals surface area contributed by atoms with Gasteiger partial charge in [0, 0.05) is 30.6 Å². The van der Waals surface area contributed by atoms with Gasteiger partial charge in [-0.15, -0.1) is 0 Å². The zero-order chi connectivity index (χ0) is 27.0. The lowest BCUT2D eigenvalue weighted by molar-refractivity contribution is -0.140. The monoisotopic (exact) mass is 535 g/mol. The Kier molecular flexibility index (Phi) is 10.8. The number of aryl methyl sites for hydroxylation is 2. The highest BCUT2D eigenvalue weighted by atomic mass is 35.5. The summed E-state index contributed by atoms with van der Waals surface area (Å²) in [5.74, 6) is -0.439. The molecule has 0 saturated heterocycles. The fourth-order valence-electron chi connectivity index (χ4n) is 3.81. The summed E-state index contributed by atoms with van der Waals surface area (Å²) in [7, 11) is -3.54. The summed E-state index contributed by atoms with van der Waals surface area (Å²) in [4.78, 5) is 27.8. The highest BCUT2D eigenvalue weighted by molar-refractivity contribution is 7.92. The lowest BCUT2D eigenvalue weighted by Crippen LogP contribution is -2.49. The smallest absolute Gasteiger partial charge is 0.242 e. The molecule has 0 aromatic heterocycles. The van der Waals surface area contributed by atoms with E-state index in [2.05, 4.69) is 5.32 Å². The summed E-state index contributed by atoms with van der Waals surface area (Å²) in [6.45, 7) is 9.80. The van der Waals surface area contributed by atoms with Gasteiger partial charge >= 0.3 is 0 Å². The first-order chi connectivity index (χ1) is 16.8. The number of hydrogen-bond donors (Lipinski definition) is 1. The molecule has 36 heavy (non-hydrogen) atoms. The lowest BCUT2D eigenvalue weighted by Gasteiger charge is -2.30. The molecule has 0 unspecified atom stereocenters. The Morgan fingerprint density at radius 1 is 1.06 bits per heavy atom. The molecular formula is C27H38ClN3O4S. The van der Waals surface area contributed by atoms with E-state index >= 15 is 0 Å². The third-order valence-corrected chi connectivity index (χ3v) is 7.65. The highest BCUT2D eigenvalue weighted by Gasteiger charge is 2.27. The van der Waals surface area contributed by atoms with Crippen molar-refractivity contribution in [2.24, 2.45) is 0 Å². The first kappa shape index (κ1) is 29.6. The van der Waals surface area contributed by atoms with Crippen molar-refractivity contribution in [1.82, 2.24) is 10.2 Å². The van der Waals surface area contributed by atoms with E-state index in [1.165, 1.54) is 10.6 Å². The Morgan fingerprint density at radius 3 is 2.28 bits per heavy atom. The van der Waals surface area contributed by atoms with Gasteiger partial charge in [-0.3, -0.25) is 13.9 Å². The molecule has 2 atom stereocenters. The predicted octanol–water partition coefficient (Wildman–Crippen LogP) is 4.84. The Labute approximate surface area is 220 Å². The van der Waals surface area contributed by atoms with Crippen molar-refractivity contribution in [1.29, 1.82) is 0 Å². The third kappa shape index (κ3) is 8.52. The molecule has 2 amide bonds. The molecule has 0 heterocycles. The van der Waals surface area contributed by atoms with Gasteiger partial charge in [-0.2, -0.15) is 0 Å². The molecule has 0 fully saturated rings. The summed E-state index contributed by atoms with van der Waals surface area (Å²) in [5, 5.41) is 3.53. The van der Waals surface area contributed by atoms with Crippen molar-refractivity contribution >= 4 is 39.1 Å². The molecule has 2 aromatic carbocycles. The third-order valence-electron chi connectivity index (χ3n) is 6.22. The van der Waals surface area contributed by atoms with Crippen LogP contribution in [0.4, 0.5) is 5.69 Å². The van der Waals surface area contributed by atoms with E-state index in [0.29, 0.717) is 17.1 Å². The van der Waals surface area contributed by atoms with E-state index in [0.717, 1.165) is 23.1 Å². The van der Waals surface area contributed by atoms with Crippen LogP contribution < -0.4 is 9.62 Å². The van der Waals surface area contributed by atoms with E-state index in [4.69, 9.17) is 11.6 Å². The molecule has 0 radical (unpaired) electrons. The number of amides is 2. The van der Waals surface area contributed by atoms with Gasteiger partial charge in [-0.05, 0) is 75.4 Å². The molecule has 0 aliphatic rings. The number of carbonyl (C=O) groups excluding carboxylic acids is 2. The number of nitrogens with zero attached hydrogens (tertiary/aromatic N) is 2. The van der Waals surface area contributed by atoms with E-state index in [1.54, 1.807) is 24.0 Å². The topological polar surface area (TPSA) is 86.8 Å². The minimum atomic E-state index is -3.54. The second-order valence-corrected chi connectivity index (χ2v) is 11.7. The van der Waals surface area contributed by atoms with Gasteiger partial charge in [-0.25, -0.2) is 8.42 Å². The van der Waals surface area contributed by atoms with Crippen molar-refractivity contribution in [3.63, 3.8) is 0 Å². The van der Waals surface area contributed by atoms with E-state index in [1.807, 2.05) is 58.0 Å². The minimum absolute atomic E-state index is 0.00618. The maximum Gasteiger partial charge on any atom is 0.242 e. The highest BCUT2D eigenvalue weighted by Crippen LogP contribution is 2.25. The molecular weight excluding hydrogens is 498 g/mol. The Bertz CT molecular complexity index is 1150. The SMILES string of the molecule is CC[C@@H](C)NC(=O)[C@@H](C)N(Cc1ccc(Cl)cc1)C(=O)CCCN(c1cc(C)ccc1C)S(C)(=O)=O. The van der Waals surface area contributed by atoms with Gasteiger partial charge < -0.3 is 10.2 Å². The summed E-state index contributed by atoms with van der Waals surface area (Å²) in [6.07, 6.45) is 2.37. The summed E-state index contributed by atoms with van der Waals surface area (Å²) in [6, 6.07) is 12.1. The van der Waals surface area contributed by atoms with Gasteiger partial charge in [0.25, 0.3) is 0 Å². The number of anilines is 1. The van der Waals surface area contributed by atoms with E-state index in [-0.39, 0.29) is 37.4 Å². The molecule has 9 heteroatoms. The zero-order valence-electron chi connectivity index (χ0n) is 22.0. The fourth-order valence-corrected chi connectivity index (χ4v) is 4.95. The number of nitrogens with one attached hydrogen (secondary N) is 1. The summed E-state index contributed by atoms with van der Waals surface area (Å²) >= 11 is 6.00. The fraction of sp³-hybridized carbons (Fsp3) is 0.481. The molecule has 2 rings (SSSR count). The largest absolute Gasteiger partial charge is 0.352 e. The quantitative estimate of drug-likeness (QED) is 0.421. The van der Waals surface area contributed by atoms with Crippen molar-refractivity contribution in [2.45, 2.75) is 72.5 Å². The van der Waals surface area contributed by atoms with Crippen molar-refractivity contribution in [2.75, 3.05) is 17.1 Å². The molecule has 1 N–H and O–H groups in total. The molecule has 0 spiro atoms. The van der Waals surface area contributed by atoms with Gasteiger partial charge in [0.15, 0.2) is 0 Å². The van der Waals surface area contributed by atoms with Crippen LogP contribution in [0.5, 0.6) is 0 Å². The van der Waals surface area contributed by atoms with Crippen molar-refractivity contribution < 1.29 is 18.0 Å². The van der Waals surface area contributed by atoms with Gasteiger partial charge in [-0.1, -0.05) is 42.8 Å². The van der Waals surface area contributed by atoms with Crippen LogP contribution >= 0.6 is 11.6 Å². The van der Waals surface area contributed by atoms with Gasteiger partial charge in [0.2, 0.25) is 21.8 Å². The standard InChI is InChI=1S/C27H38ClN3O4S/c1-7-21(4)29-27(33)22(5)30(18-23-12-14-24(28)15-13-23)26(32)9-8-16-31(36(6,34)35)25-17-19(2)10-11-20(25)3/h10-15,17,21-22H,7-9,16,18H2,1-6H3,(H,29,33)/t21-,22-/m1/s1. The average Bonchev–Trinajstić information content (AvgIpc) is 2.81. The Balaban J connectivity index is 2.20. The van der Waals surface area contributed by atoms with Crippen molar-refractivity contribution in [3.8, 4) is 0 Å². The zero-order valence-corrected chi connectivity index (χ0v) is 23.6. The van der Waals surface area contributed by atoms with Gasteiger partial charge in [0.1, 0.15) is 6.04 Å². The number of benzene rings is 2. The van der Waals surface area contributed by atoms with Crippen LogP contribution in [0.3, 0.4) is 0 Å². The lowest BCUT2D eigenvalue weighted by atomic mass is 10.1. The summed E-state index contributed by atoms with van der Waals surface area (Å²) in [5.41, 5.74) is 3.26. The van der Waals surface area contributed by atoms with Crippen LogP contribution in [0.15, 0.2) is 42.5 Å². The van der Waals surface area contributed by atoms with Crippen LogP contribution in [0.2, 0.25) is 5.02 Å². The number of halogens is 1. The van der Waals surface area contributed by atoms with Crippen LogP contribution in [0.1, 0.15) is 56.7 Å². The normalized spacial score (nSPS) is 13.1. The van der Waals surface area contributed by atoms with Crippen LogP contribution in [-0.4, -0.2) is 50.0 Å². The molecule has 198 valence electrons. The number of hydrogen-bond acceptors (Lipinski definition) is 4. The first-order valence-electron chi connectivity index (χ1n) is 12.2. The van der Waals surface area contributed by atoms with Crippen LogP contribution in [-0.2, 0) is 26.2 Å². The number of carbonyl (C=O) groups is 2. The van der Waals surface area contributed by atoms with Crippen molar-refractivity contribution in [3.05, 3.63) is 64.2 Å². The molecule has 7 nitrogen and oxygen atoms in total. The van der Waals surface area contributed by atoms with Gasteiger partial charge in [0.05, 0.1) is 11.9 Å². The Morgan fingerprint density at radius 2 is 1.69 bits per heavy atom. The molecule has 0 aliphatic heterocycles. The second kappa shape index (κ2) is 13.1. The van der Waals surface area contributed by atoms with E-state index < -0.39 is 16.1 Å². The molecule has 0 aliphatic carbocycles. The number of sulfonamides is 1. The number of rotatable bonds is 12. The van der Waals surface area contributed by atoms with E-state index in [9.17, 15) is 18.0 Å². The maximum atomic E-state index is 13.4. The predicted molar refractivity (Wildman–Crippen MR) is 147 cm³/mol. The maximum absolute atomic E-state index is 13.4. The summed E-state index contributed by atoms with van der Waals surface area (Å²) < 4.78 is 26.5. The van der Waals surface area contributed by atoms with Crippen LogP contribution in [0.25, 0.3) is 0 Å². The van der Waals surface area contributed by atoms with Crippen LogP contribution in [0, 0.1) is 13.8 Å². The minimum Gasteiger partial charge on any atom is -0.352 e.